The molecule has 1 nitrogen and oxygen atoms in total. The Labute approximate surface area is 120 Å². The molecule has 2 aliphatic rings. The largest absolute Gasteiger partial charge is 0.316 e. The first-order valence-electron chi connectivity index (χ1n) is 9.05. The second-order valence-electron chi connectivity index (χ2n) is 7.10. The van der Waals surface area contributed by atoms with Gasteiger partial charge in [-0.25, -0.2) is 0 Å². The van der Waals surface area contributed by atoms with Crippen molar-refractivity contribution in [2.45, 2.75) is 78.1 Å². The van der Waals surface area contributed by atoms with Gasteiger partial charge in [0.25, 0.3) is 0 Å². The van der Waals surface area contributed by atoms with E-state index in [0.29, 0.717) is 0 Å². The van der Waals surface area contributed by atoms with E-state index in [9.17, 15) is 0 Å². The van der Waals surface area contributed by atoms with E-state index in [1.165, 1.54) is 77.3 Å². The molecule has 2 aliphatic carbocycles. The van der Waals surface area contributed by atoms with Crippen molar-refractivity contribution in [3.8, 4) is 0 Å². The topological polar surface area (TPSA) is 12.0 Å². The van der Waals surface area contributed by atoms with Crippen molar-refractivity contribution in [2.75, 3.05) is 13.1 Å². The summed E-state index contributed by atoms with van der Waals surface area (Å²) in [6, 6.07) is 0. The minimum Gasteiger partial charge on any atom is -0.316 e. The molecule has 0 radical (unpaired) electrons. The summed E-state index contributed by atoms with van der Waals surface area (Å²) in [4.78, 5) is 0. The summed E-state index contributed by atoms with van der Waals surface area (Å²) in [6.45, 7) is 7.17. The Morgan fingerprint density at radius 2 is 1.63 bits per heavy atom. The zero-order valence-corrected chi connectivity index (χ0v) is 13.3. The summed E-state index contributed by atoms with van der Waals surface area (Å²) in [5.74, 6) is 4.16. The van der Waals surface area contributed by atoms with Gasteiger partial charge in [0.15, 0.2) is 0 Å². The Kier molecular flexibility index (Phi) is 6.70. The summed E-state index contributed by atoms with van der Waals surface area (Å²) in [6.07, 6.45) is 14.8. The van der Waals surface area contributed by atoms with Gasteiger partial charge in [-0.05, 0) is 68.9 Å². The van der Waals surface area contributed by atoms with E-state index in [0.717, 1.165) is 23.7 Å². The highest BCUT2D eigenvalue weighted by molar-refractivity contribution is 4.85. The van der Waals surface area contributed by atoms with Crippen molar-refractivity contribution in [3.05, 3.63) is 0 Å². The molecular formula is C18H35N. The fraction of sp³-hybridized carbons (Fsp3) is 1.00. The molecule has 0 bridgehead atoms. The number of nitrogens with one attached hydrogen (secondary N) is 1. The van der Waals surface area contributed by atoms with Gasteiger partial charge in [0.2, 0.25) is 0 Å². The van der Waals surface area contributed by atoms with Gasteiger partial charge in [0.05, 0.1) is 0 Å². The van der Waals surface area contributed by atoms with Crippen molar-refractivity contribution >= 4 is 0 Å². The molecule has 2 atom stereocenters. The molecule has 0 aliphatic heterocycles. The Morgan fingerprint density at radius 1 is 0.895 bits per heavy atom. The van der Waals surface area contributed by atoms with Gasteiger partial charge in [-0.2, -0.15) is 0 Å². The monoisotopic (exact) mass is 265 g/mol. The molecular weight excluding hydrogens is 230 g/mol. The standard InChI is InChI=1S/C18H35N/c1-3-13-19-14-17-7-5-6-8-18(17)16-11-9-15(4-2)10-12-16/h15-19H,3-14H2,1-2H3. The van der Waals surface area contributed by atoms with Gasteiger partial charge < -0.3 is 5.32 Å². The molecule has 1 heteroatoms. The van der Waals surface area contributed by atoms with Crippen molar-refractivity contribution < 1.29 is 0 Å². The molecule has 2 saturated carbocycles. The normalized spacial score (nSPS) is 36.3. The third-order valence-electron chi connectivity index (χ3n) is 5.88. The zero-order chi connectivity index (χ0) is 13.5. The maximum atomic E-state index is 3.69. The summed E-state index contributed by atoms with van der Waals surface area (Å²) in [5.41, 5.74) is 0. The third-order valence-corrected chi connectivity index (χ3v) is 5.88. The van der Waals surface area contributed by atoms with Crippen LogP contribution in [0.15, 0.2) is 0 Å². The first kappa shape index (κ1) is 15.4. The van der Waals surface area contributed by atoms with Crippen LogP contribution in [0.2, 0.25) is 0 Å². The van der Waals surface area contributed by atoms with Crippen LogP contribution in [0, 0.1) is 23.7 Å². The van der Waals surface area contributed by atoms with E-state index in [1.54, 1.807) is 0 Å². The van der Waals surface area contributed by atoms with Crippen LogP contribution < -0.4 is 5.32 Å². The number of hydrogen-bond donors (Lipinski definition) is 1. The minimum atomic E-state index is 0.989. The van der Waals surface area contributed by atoms with Gasteiger partial charge in [-0.1, -0.05) is 46.0 Å². The summed E-state index contributed by atoms with van der Waals surface area (Å²) in [7, 11) is 0. The maximum absolute atomic E-state index is 3.69. The van der Waals surface area contributed by atoms with E-state index < -0.39 is 0 Å². The quantitative estimate of drug-likeness (QED) is 0.666. The first-order valence-corrected chi connectivity index (χ1v) is 9.05. The lowest BCUT2D eigenvalue weighted by Crippen LogP contribution is -2.36. The van der Waals surface area contributed by atoms with Gasteiger partial charge in [0, 0.05) is 0 Å². The number of hydrogen-bond acceptors (Lipinski definition) is 1. The molecule has 0 aromatic carbocycles. The molecule has 0 aromatic rings. The predicted molar refractivity (Wildman–Crippen MR) is 84.3 cm³/mol. The Bertz CT molecular complexity index is 225. The van der Waals surface area contributed by atoms with Crippen LogP contribution >= 0.6 is 0 Å². The van der Waals surface area contributed by atoms with Gasteiger partial charge >= 0.3 is 0 Å². The lowest BCUT2D eigenvalue weighted by molar-refractivity contribution is 0.110. The lowest BCUT2D eigenvalue weighted by atomic mass is 9.66. The van der Waals surface area contributed by atoms with Gasteiger partial charge in [0.1, 0.15) is 0 Å². The summed E-state index contributed by atoms with van der Waals surface area (Å²) in [5, 5.41) is 3.69. The van der Waals surface area contributed by atoms with Gasteiger partial charge in [-0.15, -0.1) is 0 Å². The molecule has 0 saturated heterocycles. The lowest BCUT2D eigenvalue weighted by Gasteiger charge is -2.40. The second-order valence-corrected chi connectivity index (χ2v) is 7.10. The van der Waals surface area contributed by atoms with Crippen LogP contribution in [0.1, 0.15) is 78.1 Å². The van der Waals surface area contributed by atoms with Crippen LogP contribution in [-0.4, -0.2) is 13.1 Å². The molecule has 0 spiro atoms. The first-order chi connectivity index (χ1) is 9.35. The molecule has 2 fully saturated rings. The average Bonchev–Trinajstić information content (AvgIpc) is 2.48. The Balaban J connectivity index is 1.81. The molecule has 19 heavy (non-hydrogen) atoms. The smallest absolute Gasteiger partial charge is 0.00178 e. The highest BCUT2D eigenvalue weighted by atomic mass is 14.9. The molecule has 2 rings (SSSR count). The summed E-state index contributed by atoms with van der Waals surface area (Å²) < 4.78 is 0. The van der Waals surface area contributed by atoms with E-state index in [2.05, 4.69) is 19.2 Å². The summed E-state index contributed by atoms with van der Waals surface area (Å²) >= 11 is 0. The Morgan fingerprint density at radius 3 is 2.32 bits per heavy atom. The number of rotatable bonds is 6. The van der Waals surface area contributed by atoms with Crippen LogP contribution in [0.25, 0.3) is 0 Å². The van der Waals surface area contributed by atoms with Crippen molar-refractivity contribution in [2.24, 2.45) is 23.7 Å². The van der Waals surface area contributed by atoms with E-state index in [-0.39, 0.29) is 0 Å². The molecule has 112 valence electrons. The fourth-order valence-electron chi connectivity index (χ4n) is 4.60. The van der Waals surface area contributed by atoms with Crippen LogP contribution in [0.3, 0.4) is 0 Å². The predicted octanol–water partition coefficient (Wildman–Crippen LogP) is 5.01. The van der Waals surface area contributed by atoms with Crippen molar-refractivity contribution in [1.29, 1.82) is 0 Å². The molecule has 2 unspecified atom stereocenters. The van der Waals surface area contributed by atoms with E-state index in [4.69, 9.17) is 0 Å². The molecule has 1 N–H and O–H groups in total. The highest BCUT2D eigenvalue weighted by Crippen LogP contribution is 2.43. The maximum Gasteiger partial charge on any atom is -0.00178 e. The molecule has 0 amide bonds. The highest BCUT2D eigenvalue weighted by Gasteiger charge is 2.33. The van der Waals surface area contributed by atoms with E-state index >= 15 is 0 Å². The molecule has 0 aromatic heterocycles. The SMILES string of the molecule is CCCNCC1CCCCC1C1CCC(CC)CC1. The van der Waals surface area contributed by atoms with Crippen LogP contribution in [0.5, 0.6) is 0 Å². The second kappa shape index (κ2) is 8.29. The minimum absolute atomic E-state index is 0.989. The fourth-order valence-corrected chi connectivity index (χ4v) is 4.60. The van der Waals surface area contributed by atoms with Gasteiger partial charge in [-0.3, -0.25) is 0 Å². The van der Waals surface area contributed by atoms with E-state index in [1.807, 2.05) is 0 Å². The van der Waals surface area contributed by atoms with Crippen LogP contribution in [-0.2, 0) is 0 Å². The van der Waals surface area contributed by atoms with Crippen molar-refractivity contribution in [3.63, 3.8) is 0 Å². The zero-order valence-electron chi connectivity index (χ0n) is 13.3. The molecule has 0 heterocycles. The van der Waals surface area contributed by atoms with Crippen LogP contribution in [0.4, 0.5) is 0 Å². The average molecular weight is 265 g/mol. The Hall–Kier alpha value is -0.0400. The van der Waals surface area contributed by atoms with Crippen molar-refractivity contribution in [1.82, 2.24) is 5.32 Å². The third kappa shape index (κ3) is 4.48.